The van der Waals surface area contributed by atoms with Crippen molar-refractivity contribution in [2.75, 3.05) is 32.8 Å². The molecule has 1 aromatic carbocycles. The van der Waals surface area contributed by atoms with Crippen LogP contribution in [0, 0.1) is 6.92 Å². The van der Waals surface area contributed by atoms with Gasteiger partial charge < -0.3 is 14.8 Å². The standard InChI is InChI=1S/C21H28ClN3O3/c1-5-25-20(17-9-14-7-6-8-15(14)10-18(17)22)23-13(2)19(21(25)26)24-16(11-27-3)12-28-4/h9-10,16,24H,5-8,11-12H2,1-4H3. The summed E-state index contributed by atoms with van der Waals surface area (Å²) in [6.45, 7) is 5.14. The third kappa shape index (κ3) is 4.09. The maximum Gasteiger partial charge on any atom is 0.277 e. The monoisotopic (exact) mass is 405 g/mol. The normalized spacial score (nSPS) is 13.2. The summed E-state index contributed by atoms with van der Waals surface area (Å²) in [7, 11) is 3.25. The van der Waals surface area contributed by atoms with Crippen molar-refractivity contribution in [2.24, 2.45) is 0 Å². The summed E-state index contributed by atoms with van der Waals surface area (Å²) in [4.78, 5) is 18.0. The van der Waals surface area contributed by atoms with Gasteiger partial charge in [0, 0.05) is 26.3 Å². The van der Waals surface area contributed by atoms with Crippen LogP contribution >= 0.6 is 11.6 Å². The highest BCUT2D eigenvalue weighted by Crippen LogP contribution is 2.34. The van der Waals surface area contributed by atoms with Crippen LogP contribution in [-0.4, -0.2) is 43.0 Å². The van der Waals surface area contributed by atoms with Crippen LogP contribution in [0.4, 0.5) is 5.69 Å². The van der Waals surface area contributed by atoms with Crippen LogP contribution in [0.25, 0.3) is 11.4 Å². The predicted molar refractivity (Wildman–Crippen MR) is 113 cm³/mol. The molecule has 0 spiro atoms. The Hall–Kier alpha value is -1.89. The van der Waals surface area contributed by atoms with Gasteiger partial charge in [-0.15, -0.1) is 0 Å². The van der Waals surface area contributed by atoms with E-state index in [2.05, 4.69) is 11.4 Å². The third-order valence-corrected chi connectivity index (χ3v) is 5.49. The Morgan fingerprint density at radius 1 is 1.21 bits per heavy atom. The fourth-order valence-corrected chi connectivity index (χ4v) is 4.10. The number of fused-ring (bicyclic) bond motifs is 1. The first-order valence-electron chi connectivity index (χ1n) is 9.67. The highest BCUT2D eigenvalue weighted by molar-refractivity contribution is 6.33. The first-order chi connectivity index (χ1) is 13.5. The lowest BCUT2D eigenvalue weighted by Crippen LogP contribution is -2.35. The maximum absolute atomic E-state index is 13.2. The second kappa shape index (κ2) is 9.07. The van der Waals surface area contributed by atoms with E-state index in [-0.39, 0.29) is 11.6 Å². The van der Waals surface area contributed by atoms with Crippen molar-refractivity contribution < 1.29 is 9.47 Å². The smallest absolute Gasteiger partial charge is 0.277 e. The van der Waals surface area contributed by atoms with Crippen LogP contribution in [0.15, 0.2) is 16.9 Å². The van der Waals surface area contributed by atoms with Gasteiger partial charge in [0.1, 0.15) is 11.5 Å². The van der Waals surface area contributed by atoms with Crippen molar-refractivity contribution in [3.63, 3.8) is 0 Å². The average molecular weight is 406 g/mol. The Morgan fingerprint density at radius 3 is 2.46 bits per heavy atom. The van der Waals surface area contributed by atoms with Crippen LogP contribution in [0.5, 0.6) is 0 Å². The Morgan fingerprint density at radius 2 is 1.86 bits per heavy atom. The highest BCUT2D eigenvalue weighted by Gasteiger charge is 2.21. The number of nitrogens with one attached hydrogen (secondary N) is 1. The number of halogens is 1. The molecule has 1 aliphatic rings. The van der Waals surface area contributed by atoms with Gasteiger partial charge in [-0.2, -0.15) is 0 Å². The average Bonchev–Trinajstić information content (AvgIpc) is 3.11. The molecule has 0 amide bonds. The maximum atomic E-state index is 13.2. The third-order valence-electron chi connectivity index (χ3n) is 5.17. The quantitative estimate of drug-likeness (QED) is 0.728. The van der Waals surface area contributed by atoms with Crippen LogP contribution in [0.3, 0.4) is 0 Å². The number of benzene rings is 1. The van der Waals surface area contributed by atoms with E-state index >= 15 is 0 Å². The molecule has 1 aromatic heterocycles. The molecule has 28 heavy (non-hydrogen) atoms. The molecular formula is C21H28ClN3O3. The van der Waals surface area contributed by atoms with Gasteiger partial charge in [0.25, 0.3) is 5.56 Å². The van der Waals surface area contributed by atoms with E-state index in [1.165, 1.54) is 11.1 Å². The summed E-state index contributed by atoms with van der Waals surface area (Å²) in [5.74, 6) is 0.616. The molecule has 0 fully saturated rings. The number of anilines is 1. The summed E-state index contributed by atoms with van der Waals surface area (Å²) in [6.07, 6.45) is 3.25. The fourth-order valence-electron chi connectivity index (χ4n) is 3.83. The number of hydrogen-bond donors (Lipinski definition) is 1. The SMILES string of the molecule is CCn1c(-c2cc3c(cc2Cl)CCC3)nc(C)c(NC(COC)COC)c1=O. The number of rotatable bonds is 8. The van der Waals surface area contributed by atoms with E-state index in [4.69, 9.17) is 26.1 Å². The largest absolute Gasteiger partial charge is 0.382 e. The number of nitrogens with zero attached hydrogens (tertiary/aromatic N) is 2. The minimum Gasteiger partial charge on any atom is -0.382 e. The van der Waals surface area contributed by atoms with Crippen molar-refractivity contribution in [2.45, 2.75) is 45.7 Å². The Kier molecular flexibility index (Phi) is 6.75. The van der Waals surface area contributed by atoms with Crippen LogP contribution in [0.2, 0.25) is 5.02 Å². The first-order valence-corrected chi connectivity index (χ1v) is 10.0. The molecule has 0 saturated carbocycles. The van der Waals surface area contributed by atoms with E-state index in [9.17, 15) is 4.79 Å². The highest BCUT2D eigenvalue weighted by atomic mass is 35.5. The predicted octanol–water partition coefficient (Wildman–Crippen LogP) is 3.45. The molecule has 0 radical (unpaired) electrons. The zero-order chi connectivity index (χ0) is 20.3. The number of hydrogen-bond acceptors (Lipinski definition) is 5. The van der Waals surface area contributed by atoms with Crippen molar-refractivity contribution in [3.05, 3.63) is 44.3 Å². The topological polar surface area (TPSA) is 65.4 Å². The number of aryl methyl sites for hydroxylation is 3. The number of ether oxygens (including phenoxy) is 2. The number of methoxy groups -OCH3 is 2. The van der Waals surface area contributed by atoms with E-state index in [1.54, 1.807) is 18.8 Å². The first kappa shape index (κ1) is 20.8. The second-order valence-corrected chi connectivity index (χ2v) is 7.56. The molecule has 0 bridgehead atoms. The van der Waals surface area contributed by atoms with Crippen LogP contribution < -0.4 is 10.9 Å². The van der Waals surface area contributed by atoms with Gasteiger partial charge in [-0.1, -0.05) is 11.6 Å². The van der Waals surface area contributed by atoms with E-state index in [1.807, 2.05) is 19.9 Å². The lowest BCUT2D eigenvalue weighted by molar-refractivity contribution is 0.126. The van der Waals surface area contributed by atoms with Crippen molar-refractivity contribution in [1.82, 2.24) is 9.55 Å². The van der Waals surface area contributed by atoms with Gasteiger partial charge in [0.2, 0.25) is 0 Å². The zero-order valence-corrected chi connectivity index (χ0v) is 17.7. The lowest BCUT2D eigenvalue weighted by Gasteiger charge is -2.21. The summed E-state index contributed by atoms with van der Waals surface area (Å²) >= 11 is 6.58. The molecule has 0 atom stereocenters. The minimum atomic E-state index is -0.136. The summed E-state index contributed by atoms with van der Waals surface area (Å²) in [5, 5.41) is 3.89. The van der Waals surface area contributed by atoms with E-state index < -0.39 is 0 Å². The van der Waals surface area contributed by atoms with Gasteiger partial charge in [-0.05, 0) is 56.4 Å². The van der Waals surface area contributed by atoms with Crippen LogP contribution in [-0.2, 0) is 28.9 Å². The Labute approximate surface area is 170 Å². The molecule has 152 valence electrons. The summed E-state index contributed by atoms with van der Waals surface area (Å²) < 4.78 is 12.1. The second-order valence-electron chi connectivity index (χ2n) is 7.15. The molecule has 3 rings (SSSR count). The molecule has 2 aromatic rings. The molecule has 1 aliphatic carbocycles. The van der Waals surface area contributed by atoms with Crippen LogP contribution in [0.1, 0.15) is 30.2 Å². The molecule has 0 saturated heterocycles. The van der Waals surface area contributed by atoms with Crippen molar-refractivity contribution in [1.29, 1.82) is 0 Å². The molecule has 0 unspecified atom stereocenters. The minimum absolute atomic E-state index is 0.112. The van der Waals surface area contributed by atoms with Crippen molar-refractivity contribution >= 4 is 17.3 Å². The zero-order valence-electron chi connectivity index (χ0n) is 17.0. The Balaban J connectivity index is 2.07. The van der Waals surface area contributed by atoms with Gasteiger partial charge in [0.05, 0.1) is 30.0 Å². The molecule has 6 nitrogen and oxygen atoms in total. The summed E-state index contributed by atoms with van der Waals surface area (Å²) in [5.41, 5.74) is 4.42. The molecule has 1 heterocycles. The number of aromatic nitrogens is 2. The van der Waals surface area contributed by atoms with Gasteiger partial charge in [0.15, 0.2) is 0 Å². The summed E-state index contributed by atoms with van der Waals surface area (Å²) in [6, 6.07) is 3.99. The molecular weight excluding hydrogens is 378 g/mol. The fraction of sp³-hybridized carbons (Fsp3) is 0.524. The van der Waals surface area contributed by atoms with Gasteiger partial charge in [-0.3, -0.25) is 9.36 Å². The Bertz CT molecular complexity index is 905. The van der Waals surface area contributed by atoms with Gasteiger partial charge in [-0.25, -0.2) is 4.98 Å². The van der Waals surface area contributed by atoms with Crippen molar-refractivity contribution in [3.8, 4) is 11.4 Å². The molecule has 1 N–H and O–H groups in total. The van der Waals surface area contributed by atoms with Gasteiger partial charge >= 0.3 is 0 Å². The molecule has 0 aliphatic heterocycles. The van der Waals surface area contributed by atoms with E-state index in [0.717, 1.165) is 24.8 Å². The van der Waals surface area contributed by atoms with E-state index in [0.29, 0.717) is 42.0 Å². The lowest BCUT2D eigenvalue weighted by atomic mass is 10.1. The molecule has 7 heteroatoms.